The van der Waals surface area contributed by atoms with E-state index in [2.05, 4.69) is 17.4 Å². The lowest BCUT2D eigenvalue weighted by Crippen LogP contribution is -2.48. The van der Waals surface area contributed by atoms with E-state index in [-0.39, 0.29) is 11.7 Å². The van der Waals surface area contributed by atoms with Crippen LogP contribution in [0.1, 0.15) is 49.4 Å². The Kier molecular flexibility index (Phi) is 7.00. The molecule has 0 aromatic heterocycles. The first-order valence-corrected chi connectivity index (χ1v) is 12.5. The number of halogens is 2. The molecule has 30 heavy (non-hydrogen) atoms. The second kappa shape index (κ2) is 9.16. The van der Waals surface area contributed by atoms with E-state index in [0.29, 0.717) is 10.0 Å². The molecule has 0 fully saturated rings. The fourth-order valence-corrected chi connectivity index (χ4v) is 5.59. The summed E-state index contributed by atoms with van der Waals surface area (Å²) in [5.41, 5.74) is 3.96. The number of benzene rings is 2. The molecule has 2 aromatic rings. The van der Waals surface area contributed by atoms with Gasteiger partial charge in [0.2, 0.25) is 15.9 Å². The molecule has 1 N–H and O–H groups in total. The predicted molar refractivity (Wildman–Crippen MR) is 123 cm³/mol. The zero-order valence-corrected chi connectivity index (χ0v) is 19.6. The number of anilines is 1. The van der Waals surface area contributed by atoms with E-state index in [0.717, 1.165) is 29.0 Å². The summed E-state index contributed by atoms with van der Waals surface area (Å²) in [5, 5.41) is 3.53. The minimum absolute atomic E-state index is 0.249. The number of rotatable bonds is 6. The molecule has 1 aliphatic carbocycles. The van der Waals surface area contributed by atoms with Gasteiger partial charge in [0.25, 0.3) is 0 Å². The van der Waals surface area contributed by atoms with Crippen LogP contribution in [0.4, 0.5) is 5.69 Å². The lowest BCUT2D eigenvalue weighted by atomic mass is 9.89. The van der Waals surface area contributed by atoms with Gasteiger partial charge in [-0.1, -0.05) is 41.4 Å². The van der Waals surface area contributed by atoms with E-state index in [9.17, 15) is 13.2 Å². The molecule has 2 atom stereocenters. The fraction of sp³-hybridized carbons (Fsp3) is 0.409. The molecular weight excluding hydrogens is 443 g/mol. The van der Waals surface area contributed by atoms with Gasteiger partial charge in [0.1, 0.15) is 6.04 Å². The van der Waals surface area contributed by atoms with Crippen LogP contribution < -0.4 is 9.62 Å². The molecule has 0 aliphatic heterocycles. The van der Waals surface area contributed by atoms with Crippen LogP contribution in [0.5, 0.6) is 0 Å². The van der Waals surface area contributed by atoms with Gasteiger partial charge in [-0.2, -0.15) is 0 Å². The molecule has 5 nitrogen and oxygen atoms in total. The molecule has 0 radical (unpaired) electrons. The molecule has 2 aromatic carbocycles. The standard InChI is InChI=1S/C22H26Cl2N2O3S/c1-14(17-9-8-16-6-4-5-7-18(16)10-17)25-22(27)15(2)26(30(3,28)29)21-12-19(23)11-20(24)13-21/h8-15H,4-7H2,1-3H3,(H,25,27)/t14-,15+/m1/s1. The maximum Gasteiger partial charge on any atom is 0.244 e. The highest BCUT2D eigenvalue weighted by Gasteiger charge is 2.30. The number of amides is 1. The van der Waals surface area contributed by atoms with Crippen LogP contribution in [0.15, 0.2) is 36.4 Å². The summed E-state index contributed by atoms with van der Waals surface area (Å²) in [4.78, 5) is 13.0. The summed E-state index contributed by atoms with van der Waals surface area (Å²) in [6.45, 7) is 3.45. The third kappa shape index (κ3) is 5.29. The normalized spacial score (nSPS) is 15.8. The first kappa shape index (κ1) is 22.9. The molecule has 0 heterocycles. The SMILES string of the molecule is C[C@@H](NC(=O)[C@H](C)N(c1cc(Cl)cc(Cl)c1)S(C)(=O)=O)c1ccc2c(c1)CCCC2. The monoisotopic (exact) mass is 468 g/mol. The van der Waals surface area contributed by atoms with E-state index >= 15 is 0 Å². The Hall–Kier alpha value is -1.76. The quantitative estimate of drug-likeness (QED) is 0.654. The summed E-state index contributed by atoms with van der Waals surface area (Å²) in [6.07, 6.45) is 5.60. The van der Waals surface area contributed by atoms with Crippen molar-refractivity contribution in [1.29, 1.82) is 0 Å². The van der Waals surface area contributed by atoms with Crippen molar-refractivity contribution >= 4 is 44.8 Å². The number of hydrogen-bond acceptors (Lipinski definition) is 3. The lowest BCUT2D eigenvalue weighted by Gasteiger charge is -2.29. The number of nitrogens with zero attached hydrogens (tertiary/aromatic N) is 1. The highest BCUT2D eigenvalue weighted by atomic mass is 35.5. The van der Waals surface area contributed by atoms with Gasteiger partial charge in [-0.15, -0.1) is 0 Å². The molecule has 0 unspecified atom stereocenters. The third-order valence-electron chi connectivity index (χ3n) is 5.42. The number of carbonyl (C=O) groups excluding carboxylic acids is 1. The van der Waals surface area contributed by atoms with Crippen LogP contribution in [0.3, 0.4) is 0 Å². The van der Waals surface area contributed by atoms with Gasteiger partial charge in [0.05, 0.1) is 18.0 Å². The van der Waals surface area contributed by atoms with Gasteiger partial charge < -0.3 is 5.32 Å². The average molecular weight is 469 g/mol. The average Bonchev–Trinajstić information content (AvgIpc) is 2.65. The summed E-state index contributed by atoms with van der Waals surface area (Å²) in [5.74, 6) is -0.401. The molecular formula is C22H26Cl2N2O3S. The van der Waals surface area contributed by atoms with Gasteiger partial charge in [-0.3, -0.25) is 9.10 Å². The zero-order chi connectivity index (χ0) is 22.1. The van der Waals surface area contributed by atoms with Crippen molar-refractivity contribution in [2.75, 3.05) is 10.6 Å². The lowest BCUT2D eigenvalue weighted by molar-refractivity contribution is -0.122. The Morgan fingerprint density at radius 2 is 1.60 bits per heavy atom. The van der Waals surface area contributed by atoms with Crippen molar-refractivity contribution in [3.63, 3.8) is 0 Å². The second-order valence-electron chi connectivity index (χ2n) is 7.83. The molecule has 8 heteroatoms. The molecule has 162 valence electrons. The Morgan fingerprint density at radius 3 is 2.20 bits per heavy atom. The Balaban J connectivity index is 1.81. The maximum absolute atomic E-state index is 13.0. The molecule has 0 saturated carbocycles. The zero-order valence-electron chi connectivity index (χ0n) is 17.3. The number of carbonyl (C=O) groups is 1. The van der Waals surface area contributed by atoms with Crippen LogP contribution in [0.2, 0.25) is 10.0 Å². The second-order valence-corrected chi connectivity index (χ2v) is 10.6. The smallest absolute Gasteiger partial charge is 0.244 e. The first-order chi connectivity index (χ1) is 14.1. The number of nitrogens with one attached hydrogen (secondary N) is 1. The molecule has 3 rings (SSSR count). The van der Waals surface area contributed by atoms with Crippen molar-refractivity contribution in [3.05, 3.63) is 63.1 Å². The highest BCUT2D eigenvalue weighted by Crippen LogP contribution is 2.29. The summed E-state index contributed by atoms with van der Waals surface area (Å²) < 4.78 is 26.0. The van der Waals surface area contributed by atoms with Crippen LogP contribution in [0.25, 0.3) is 0 Å². The third-order valence-corrected chi connectivity index (χ3v) is 7.10. The van der Waals surface area contributed by atoms with Gasteiger partial charge in [-0.05, 0) is 74.4 Å². The number of sulfonamides is 1. The van der Waals surface area contributed by atoms with Gasteiger partial charge in [0.15, 0.2) is 0 Å². The number of aryl methyl sites for hydroxylation is 2. The Morgan fingerprint density at radius 1 is 1.00 bits per heavy atom. The van der Waals surface area contributed by atoms with Crippen LogP contribution >= 0.6 is 23.2 Å². The Labute approximate surface area is 188 Å². The largest absolute Gasteiger partial charge is 0.348 e. The summed E-state index contributed by atoms with van der Waals surface area (Å²) >= 11 is 12.1. The minimum atomic E-state index is -3.75. The number of hydrogen-bond donors (Lipinski definition) is 1. The van der Waals surface area contributed by atoms with Crippen molar-refractivity contribution in [1.82, 2.24) is 5.32 Å². The van der Waals surface area contributed by atoms with Gasteiger partial charge in [0, 0.05) is 10.0 Å². The van der Waals surface area contributed by atoms with E-state index < -0.39 is 22.0 Å². The minimum Gasteiger partial charge on any atom is -0.348 e. The van der Waals surface area contributed by atoms with Crippen LogP contribution in [0, 0.1) is 0 Å². The molecule has 0 spiro atoms. The Bertz CT molecular complexity index is 1040. The van der Waals surface area contributed by atoms with Crippen molar-refractivity contribution in [2.45, 2.75) is 51.6 Å². The van der Waals surface area contributed by atoms with E-state index in [1.807, 2.05) is 13.0 Å². The fourth-order valence-electron chi connectivity index (χ4n) is 3.92. The number of fused-ring (bicyclic) bond motifs is 1. The van der Waals surface area contributed by atoms with Gasteiger partial charge in [-0.25, -0.2) is 8.42 Å². The van der Waals surface area contributed by atoms with E-state index in [1.54, 1.807) is 6.92 Å². The molecule has 0 saturated heterocycles. The van der Waals surface area contributed by atoms with Crippen LogP contribution in [-0.4, -0.2) is 26.6 Å². The van der Waals surface area contributed by atoms with Crippen LogP contribution in [-0.2, 0) is 27.7 Å². The van der Waals surface area contributed by atoms with Gasteiger partial charge >= 0.3 is 0 Å². The van der Waals surface area contributed by atoms with Crippen molar-refractivity contribution in [3.8, 4) is 0 Å². The van der Waals surface area contributed by atoms with Crippen molar-refractivity contribution in [2.24, 2.45) is 0 Å². The predicted octanol–water partition coefficient (Wildman–Crippen LogP) is 4.90. The molecule has 1 aliphatic rings. The first-order valence-electron chi connectivity index (χ1n) is 9.94. The summed E-state index contributed by atoms with van der Waals surface area (Å²) in [6, 6.07) is 9.55. The van der Waals surface area contributed by atoms with Crippen molar-refractivity contribution < 1.29 is 13.2 Å². The topological polar surface area (TPSA) is 66.5 Å². The van der Waals surface area contributed by atoms with E-state index in [4.69, 9.17) is 23.2 Å². The summed E-state index contributed by atoms with van der Waals surface area (Å²) in [7, 11) is -3.75. The highest BCUT2D eigenvalue weighted by molar-refractivity contribution is 7.92. The molecule has 0 bridgehead atoms. The maximum atomic E-state index is 13.0. The van der Waals surface area contributed by atoms with E-state index in [1.165, 1.54) is 42.2 Å². The molecule has 1 amide bonds.